The molecule has 0 saturated carbocycles. The molecule has 0 radical (unpaired) electrons. The minimum absolute atomic E-state index is 0.0756. The highest BCUT2D eigenvalue weighted by Gasteiger charge is 2.17. The number of esters is 1. The monoisotopic (exact) mass is 310 g/mol. The van der Waals surface area contributed by atoms with Gasteiger partial charge in [-0.15, -0.1) is 0 Å². The van der Waals surface area contributed by atoms with Gasteiger partial charge in [-0.3, -0.25) is 4.68 Å². The van der Waals surface area contributed by atoms with E-state index in [9.17, 15) is 4.79 Å². The van der Waals surface area contributed by atoms with E-state index in [1.165, 1.54) is 0 Å². The van der Waals surface area contributed by atoms with E-state index >= 15 is 0 Å². The van der Waals surface area contributed by atoms with Crippen molar-refractivity contribution in [2.75, 3.05) is 5.73 Å². The molecule has 0 fully saturated rings. The molecule has 0 aliphatic heterocycles. The quantitative estimate of drug-likeness (QED) is 0.861. The lowest BCUT2D eigenvalue weighted by atomic mass is 10.3. The average molecular weight is 311 g/mol. The summed E-state index contributed by atoms with van der Waals surface area (Å²) in [5.41, 5.74) is 8.12. The molecule has 0 amide bonds. The number of halogens is 1. The second-order valence-corrected chi connectivity index (χ2v) is 5.28. The summed E-state index contributed by atoms with van der Waals surface area (Å²) >= 11 is 6.13. The van der Waals surface area contributed by atoms with Crippen LogP contribution in [-0.4, -0.2) is 20.3 Å². The van der Waals surface area contributed by atoms with Crippen LogP contribution in [0.4, 0.5) is 5.69 Å². The Morgan fingerprint density at radius 3 is 2.81 bits per heavy atom. The van der Waals surface area contributed by atoms with Crippen LogP contribution < -0.4 is 5.73 Å². The van der Waals surface area contributed by atoms with Gasteiger partial charge >= 0.3 is 5.97 Å². The van der Waals surface area contributed by atoms with Crippen LogP contribution in [0.2, 0.25) is 5.02 Å². The largest absolute Gasteiger partial charge is 0.454 e. The van der Waals surface area contributed by atoms with Gasteiger partial charge in [-0.05, 0) is 19.4 Å². The van der Waals surface area contributed by atoms with Crippen LogP contribution >= 0.6 is 11.6 Å². The third-order valence-electron chi connectivity index (χ3n) is 3.19. The maximum atomic E-state index is 12.2. The van der Waals surface area contributed by atoms with Gasteiger partial charge < -0.3 is 15.0 Å². The van der Waals surface area contributed by atoms with E-state index in [0.29, 0.717) is 34.3 Å². The molecule has 2 rings (SSSR count). The molecule has 2 heterocycles. The van der Waals surface area contributed by atoms with E-state index in [1.54, 1.807) is 35.5 Å². The molecule has 0 aliphatic rings. The fraction of sp³-hybridized carbons (Fsp3) is 0.429. The zero-order valence-electron chi connectivity index (χ0n) is 12.4. The first-order valence-corrected chi connectivity index (χ1v) is 7.12. The number of carbonyl (C=O) groups excluding carboxylic acids is 1. The third-order valence-corrected chi connectivity index (χ3v) is 3.68. The Balaban J connectivity index is 2.12. The summed E-state index contributed by atoms with van der Waals surface area (Å²) in [6.45, 7) is 4.63. The number of hydrogen-bond donors (Lipinski definition) is 1. The molecule has 0 atom stereocenters. The molecule has 2 aromatic rings. The van der Waals surface area contributed by atoms with Gasteiger partial charge in [-0.2, -0.15) is 5.10 Å². The molecule has 2 aromatic heterocycles. The van der Waals surface area contributed by atoms with Gasteiger partial charge in [0.15, 0.2) is 0 Å². The molecule has 0 bridgehead atoms. The lowest BCUT2D eigenvalue weighted by Crippen LogP contribution is -2.13. The highest BCUT2D eigenvalue weighted by Crippen LogP contribution is 2.21. The fourth-order valence-corrected chi connectivity index (χ4v) is 2.39. The van der Waals surface area contributed by atoms with Crippen molar-refractivity contribution in [3.63, 3.8) is 0 Å². The first-order valence-electron chi connectivity index (χ1n) is 6.74. The van der Waals surface area contributed by atoms with Crippen LogP contribution in [0.25, 0.3) is 0 Å². The number of rotatable bonds is 5. The molecular weight excluding hydrogens is 292 g/mol. The topological polar surface area (TPSA) is 75.1 Å². The summed E-state index contributed by atoms with van der Waals surface area (Å²) < 4.78 is 8.74. The number of nitrogen functional groups attached to an aromatic ring is 1. The van der Waals surface area contributed by atoms with Crippen molar-refractivity contribution in [3.8, 4) is 0 Å². The summed E-state index contributed by atoms with van der Waals surface area (Å²) in [5.74, 6) is -0.421. The summed E-state index contributed by atoms with van der Waals surface area (Å²) in [6.07, 6.45) is 2.64. The highest BCUT2D eigenvalue weighted by molar-refractivity contribution is 6.31. The molecule has 7 heteroatoms. The van der Waals surface area contributed by atoms with Crippen LogP contribution in [-0.2, 0) is 24.9 Å². The van der Waals surface area contributed by atoms with Gasteiger partial charge in [0.25, 0.3) is 0 Å². The molecule has 2 N–H and O–H groups in total. The number of anilines is 1. The molecule has 21 heavy (non-hydrogen) atoms. The maximum absolute atomic E-state index is 12.2. The van der Waals surface area contributed by atoms with Gasteiger partial charge in [0.2, 0.25) is 0 Å². The smallest absolute Gasteiger partial charge is 0.355 e. The molecule has 0 aromatic carbocycles. The number of hydrogen-bond acceptors (Lipinski definition) is 4. The molecular formula is C14H19ClN4O2. The van der Waals surface area contributed by atoms with Crippen molar-refractivity contribution >= 4 is 23.3 Å². The van der Waals surface area contributed by atoms with Crippen LogP contribution in [0.5, 0.6) is 0 Å². The minimum Gasteiger partial charge on any atom is -0.454 e. The van der Waals surface area contributed by atoms with Crippen LogP contribution in [0.15, 0.2) is 12.3 Å². The van der Waals surface area contributed by atoms with Gasteiger partial charge in [0, 0.05) is 19.8 Å². The van der Waals surface area contributed by atoms with E-state index < -0.39 is 5.97 Å². The molecule has 0 unspecified atom stereocenters. The molecule has 0 spiro atoms. The highest BCUT2D eigenvalue weighted by atomic mass is 35.5. The molecule has 0 saturated heterocycles. The summed E-state index contributed by atoms with van der Waals surface area (Å²) in [6, 6.07) is 1.62. The Kier molecular flexibility index (Phi) is 4.57. The zero-order valence-corrected chi connectivity index (χ0v) is 13.1. The SMILES string of the molecule is CCCn1cc(N)cc1C(=O)OCc1c(Cl)c(C)nn1C. The predicted octanol–water partition coefficient (Wildman–Crippen LogP) is 2.53. The number of aromatic nitrogens is 3. The van der Waals surface area contributed by atoms with Crippen LogP contribution in [0, 0.1) is 6.92 Å². The summed E-state index contributed by atoms with van der Waals surface area (Å²) in [7, 11) is 1.76. The van der Waals surface area contributed by atoms with Crippen LogP contribution in [0.1, 0.15) is 35.2 Å². The number of ether oxygens (including phenoxy) is 1. The normalized spacial score (nSPS) is 10.9. The second-order valence-electron chi connectivity index (χ2n) is 4.90. The van der Waals surface area contributed by atoms with Gasteiger partial charge in [0.05, 0.1) is 22.1 Å². The van der Waals surface area contributed by atoms with Crippen molar-refractivity contribution in [1.82, 2.24) is 14.3 Å². The Bertz CT molecular complexity index is 660. The van der Waals surface area contributed by atoms with Crippen LogP contribution in [0.3, 0.4) is 0 Å². The standard InChI is InChI=1S/C14H19ClN4O2/c1-4-5-19-7-10(16)6-11(19)14(20)21-8-12-13(15)9(2)17-18(12)3/h6-7H,4-5,8,16H2,1-3H3. The van der Waals surface area contributed by atoms with E-state index in [0.717, 1.165) is 6.42 Å². The minimum atomic E-state index is -0.421. The van der Waals surface area contributed by atoms with E-state index in [4.69, 9.17) is 22.1 Å². The Morgan fingerprint density at radius 1 is 1.52 bits per heavy atom. The van der Waals surface area contributed by atoms with E-state index in [1.807, 2.05) is 6.92 Å². The molecule has 0 aliphatic carbocycles. The van der Waals surface area contributed by atoms with Gasteiger partial charge in [-0.25, -0.2) is 4.79 Å². The lowest BCUT2D eigenvalue weighted by molar-refractivity contribution is 0.0451. The fourth-order valence-electron chi connectivity index (χ4n) is 2.17. The predicted molar refractivity (Wildman–Crippen MR) is 81.2 cm³/mol. The second kappa shape index (κ2) is 6.22. The molecule has 6 nitrogen and oxygen atoms in total. The van der Waals surface area contributed by atoms with E-state index in [-0.39, 0.29) is 6.61 Å². The number of carbonyl (C=O) groups is 1. The molecule has 114 valence electrons. The Morgan fingerprint density at radius 2 is 2.24 bits per heavy atom. The first-order chi connectivity index (χ1) is 9.93. The number of aryl methyl sites for hydroxylation is 3. The Hall–Kier alpha value is -1.95. The van der Waals surface area contributed by atoms with Gasteiger partial charge in [-0.1, -0.05) is 18.5 Å². The Labute approximate surface area is 128 Å². The maximum Gasteiger partial charge on any atom is 0.355 e. The van der Waals surface area contributed by atoms with Crippen molar-refractivity contribution < 1.29 is 9.53 Å². The zero-order chi connectivity index (χ0) is 15.6. The third kappa shape index (κ3) is 3.21. The number of nitrogens with two attached hydrogens (primary N) is 1. The average Bonchev–Trinajstić information content (AvgIpc) is 2.90. The van der Waals surface area contributed by atoms with Gasteiger partial charge in [0.1, 0.15) is 12.3 Å². The first kappa shape index (κ1) is 15.4. The van der Waals surface area contributed by atoms with Crippen molar-refractivity contribution in [1.29, 1.82) is 0 Å². The number of nitrogens with zero attached hydrogens (tertiary/aromatic N) is 3. The summed E-state index contributed by atoms with van der Waals surface area (Å²) in [4.78, 5) is 12.2. The van der Waals surface area contributed by atoms with Crippen molar-refractivity contribution in [2.24, 2.45) is 7.05 Å². The van der Waals surface area contributed by atoms with Crippen molar-refractivity contribution in [3.05, 3.63) is 34.4 Å². The van der Waals surface area contributed by atoms with Crippen molar-refractivity contribution in [2.45, 2.75) is 33.4 Å². The summed E-state index contributed by atoms with van der Waals surface area (Å²) in [5, 5.41) is 4.70. The lowest BCUT2D eigenvalue weighted by Gasteiger charge is -2.08. The van der Waals surface area contributed by atoms with E-state index in [2.05, 4.69) is 5.10 Å².